The van der Waals surface area contributed by atoms with Crippen molar-refractivity contribution in [2.45, 2.75) is 25.7 Å². The molecule has 0 fully saturated rings. The van der Waals surface area contributed by atoms with Gasteiger partial charge in [0.2, 0.25) is 5.91 Å². The maximum Gasteiger partial charge on any atom is 0.234 e. The lowest BCUT2D eigenvalue weighted by molar-refractivity contribution is -0.113. The second-order valence-corrected chi connectivity index (χ2v) is 6.01. The number of aryl methyl sites for hydroxylation is 3. The second kappa shape index (κ2) is 6.22. The molecule has 0 aliphatic heterocycles. The molecule has 0 aliphatic carbocycles. The zero-order valence-electron chi connectivity index (χ0n) is 12.7. The van der Waals surface area contributed by atoms with Gasteiger partial charge < -0.3 is 11.1 Å². The standard InChI is InChI=1S/C15H20N4OS/c1-9-6-5-7-12(14(9)16)21-8-13(20)17-15-10(2)18-19(4)11(15)3/h5-7H,8,16H2,1-4H3,(H,17,20). The highest BCUT2D eigenvalue weighted by atomic mass is 32.2. The molecule has 0 saturated heterocycles. The minimum Gasteiger partial charge on any atom is -0.398 e. The van der Waals surface area contributed by atoms with E-state index in [2.05, 4.69) is 10.4 Å². The molecule has 1 amide bonds. The molecule has 112 valence electrons. The molecule has 1 aromatic carbocycles. The highest BCUT2D eigenvalue weighted by Gasteiger charge is 2.13. The zero-order valence-corrected chi connectivity index (χ0v) is 13.5. The number of nitrogens with zero attached hydrogens (tertiary/aromatic N) is 2. The zero-order chi connectivity index (χ0) is 15.6. The van der Waals surface area contributed by atoms with Crippen molar-refractivity contribution in [3.8, 4) is 0 Å². The molecule has 0 saturated carbocycles. The van der Waals surface area contributed by atoms with Crippen molar-refractivity contribution in [1.29, 1.82) is 0 Å². The molecule has 0 unspecified atom stereocenters. The molecule has 1 heterocycles. The van der Waals surface area contributed by atoms with E-state index in [1.165, 1.54) is 11.8 Å². The van der Waals surface area contributed by atoms with Gasteiger partial charge in [0.05, 0.1) is 22.8 Å². The fourth-order valence-electron chi connectivity index (χ4n) is 2.05. The van der Waals surface area contributed by atoms with Crippen molar-refractivity contribution in [3.63, 3.8) is 0 Å². The van der Waals surface area contributed by atoms with Crippen LogP contribution in [0.25, 0.3) is 0 Å². The van der Waals surface area contributed by atoms with Crippen LogP contribution < -0.4 is 11.1 Å². The summed E-state index contributed by atoms with van der Waals surface area (Å²) in [4.78, 5) is 13.0. The van der Waals surface area contributed by atoms with Gasteiger partial charge in [-0.05, 0) is 32.4 Å². The summed E-state index contributed by atoms with van der Waals surface area (Å²) in [7, 11) is 1.86. The number of carbonyl (C=O) groups is 1. The number of rotatable bonds is 4. The van der Waals surface area contributed by atoms with Crippen LogP contribution in [0.5, 0.6) is 0 Å². The van der Waals surface area contributed by atoms with Gasteiger partial charge in [-0.25, -0.2) is 0 Å². The number of amides is 1. The Morgan fingerprint density at radius 2 is 2.10 bits per heavy atom. The van der Waals surface area contributed by atoms with Gasteiger partial charge in [-0.3, -0.25) is 9.48 Å². The molecule has 2 rings (SSSR count). The maximum atomic E-state index is 12.1. The highest BCUT2D eigenvalue weighted by Crippen LogP contribution is 2.27. The van der Waals surface area contributed by atoms with Crippen LogP contribution in [-0.4, -0.2) is 21.4 Å². The van der Waals surface area contributed by atoms with Crippen LogP contribution >= 0.6 is 11.8 Å². The summed E-state index contributed by atoms with van der Waals surface area (Å²) in [5.74, 6) is 0.265. The summed E-state index contributed by atoms with van der Waals surface area (Å²) in [5.41, 5.74) is 10.3. The first-order valence-electron chi connectivity index (χ1n) is 6.68. The number of aromatic nitrogens is 2. The third-order valence-electron chi connectivity index (χ3n) is 3.42. The van der Waals surface area contributed by atoms with E-state index in [0.717, 1.165) is 33.2 Å². The molecular weight excluding hydrogens is 284 g/mol. The van der Waals surface area contributed by atoms with Gasteiger partial charge in [-0.2, -0.15) is 5.10 Å². The first-order chi connectivity index (χ1) is 9.90. The quantitative estimate of drug-likeness (QED) is 0.673. The van der Waals surface area contributed by atoms with Crippen LogP contribution in [0.3, 0.4) is 0 Å². The summed E-state index contributed by atoms with van der Waals surface area (Å²) < 4.78 is 1.76. The molecule has 2 aromatic rings. The van der Waals surface area contributed by atoms with Crippen molar-refractivity contribution in [3.05, 3.63) is 35.2 Å². The largest absolute Gasteiger partial charge is 0.398 e. The van der Waals surface area contributed by atoms with E-state index in [1.807, 2.05) is 46.0 Å². The Morgan fingerprint density at radius 1 is 1.38 bits per heavy atom. The lowest BCUT2D eigenvalue weighted by Gasteiger charge is -2.08. The van der Waals surface area contributed by atoms with E-state index in [0.29, 0.717) is 5.75 Å². The molecule has 5 nitrogen and oxygen atoms in total. The number of thioether (sulfide) groups is 1. The van der Waals surface area contributed by atoms with Gasteiger partial charge in [0.1, 0.15) is 0 Å². The molecule has 0 atom stereocenters. The van der Waals surface area contributed by atoms with Crippen LogP contribution in [0.4, 0.5) is 11.4 Å². The molecule has 0 aliphatic rings. The Balaban J connectivity index is 2.01. The van der Waals surface area contributed by atoms with Crippen molar-refractivity contribution < 1.29 is 4.79 Å². The number of nitrogens with one attached hydrogen (secondary N) is 1. The SMILES string of the molecule is Cc1cccc(SCC(=O)Nc2c(C)nn(C)c2C)c1N. The van der Waals surface area contributed by atoms with E-state index in [1.54, 1.807) is 4.68 Å². The monoisotopic (exact) mass is 304 g/mol. The topological polar surface area (TPSA) is 72.9 Å². The normalized spacial score (nSPS) is 10.7. The van der Waals surface area contributed by atoms with Gasteiger partial charge in [0, 0.05) is 17.6 Å². The Hall–Kier alpha value is -1.95. The van der Waals surface area contributed by atoms with Crippen LogP contribution in [0.15, 0.2) is 23.1 Å². The fourth-order valence-corrected chi connectivity index (χ4v) is 2.90. The lowest BCUT2D eigenvalue weighted by Crippen LogP contribution is -2.15. The van der Waals surface area contributed by atoms with Gasteiger partial charge in [0.15, 0.2) is 0 Å². The van der Waals surface area contributed by atoms with E-state index in [9.17, 15) is 4.79 Å². The summed E-state index contributed by atoms with van der Waals surface area (Å²) in [5, 5.41) is 7.20. The molecular formula is C15H20N4OS. The minimum atomic E-state index is -0.0555. The summed E-state index contributed by atoms with van der Waals surface area (Å²) in [6.45, 7) is 5.78. The molecule has 0 spiro atoms. The van der Waals surface area contributed by atoms with Crippen LogP contribution in [-0.2, 0) is 11.8 Å². The van der Waals surface area contributed by atoms with Crippen molar-refractivity contribution in [2.75, 3.05) is 16.8 Å². The summed E-state index contributed by atoms with van der Waals surface area (Å²) >= 11 is 1.44. The van der Waals surface area contributed by atoms with Gasteiger partial charge in [-0.15, -0.1) is 11.8 Å². The number of hydrogen-bond acceptors (Lipinski definition) is 4. The van der Waals surface area contributed by atoms with Gasteiger partial charge in [0.25, 0.3) is 0 Å². The number of para-hydroxylation sites is 1. The Morgan fingerprint density at radius 3 is 2.71 bits per heavy atom. The van der Waals surface area contributed by atoms with E-state index < -0.39 is 0 Å². The second-order valence-electron chi connectivity index (χ2n) is 4.99. The smallest absolute Gasteiger partial charge is 0.234 e. The highest BCUT2D eigenvalue weighted by molar-refractivity contribution is 8.00. The maximum absolute atomic E-state index is 12.1. The Kier molecular flexibility index (Phi) is 4.57. The number of nitrogens with two attached hydrogens (primary N) is 1. The first-order valence-corrected chi connectivity index (χ1v) is 7.66. The van der Waals surface area contributed by atoms with Crippen LogP contribution in [0, 0.1) is 20.8 Å². The summed E-state index contributed by atoms with van der Waals surface area (Å²) in [6, 6.07) is 5.84. The van der Waals surface area contributed by atoms with E-state index in [4.69, 9.17) is 5.73 Å². The van der Waals surface area contributed by atoms with E-state index in [-0.39, 0.29) is 5.91 Å². The predicted molar refractivity (Wildman–Crippen MR) is 87.6 cm³/mol. The van der Waals surface area contributed by atoms with E-state index >= 15 is 0 Å². The number of anilines is 2. The molecule has 6 heteroatoms. The fraction of sp³-hybridized carbons (Fsp3) is 0.333. The van der Waals surface area contributed by atoms with Crippen LogP contribution in [0.2, 0.25) is 0 Å². The Bertz CT molecular complexity index is 679. The van der Waals surface area contributed by atoms with Crippen molar-refractivity contribution >= 4 is 29.0 Å². The average molecular weight is 304 g/mol. The molecule has 1 aromatic heterocycles. The molecule has 0 radical (unpaired) electrons. The van der Waals surface area contributed by atoms with Crippen LogP contribution in [0.1, 0.15) is 17.0 Å². The van der Waals surface area contributed by atoms with Gasteiger partial charge in [-0.1, -0.05) is 12.1 Å². The predicted octanol–water partition coefficient (Wildman–Crippen LogP) is 2.66. The van der Waals surface area contributed by atoms with Gasteiger partial charge >= 0.3 is 0 Å². The molecule has 21 heavy (non-hydrogen) atoms. The lowest BCUT2D eigenvalue weighted by atomic mass is 10.2. The summed E-state index contributed by atoms with van der Waals surface area (Å²) in [6.07, 6.45) is 0. The minimum absolute atomic E-state index is 0.0555. The number of carbonyl (C=O) groups excluding carboxylic acids is 1. The third-order valence-corrected chi connectivity index (χ3v) is 4.49. The number of nitrogen functional groups attached to an aromatic ring is 1. The first kappa shape index (κ1) is 15.4. The molecule has 0 bridgehead atoms. The average Bonchev–Trinajstić information content (AvgIpc) is 2.67. The molecule has 3 N–H and O–H groups in total. The Labute approximate surface area is 128 Å². The number of benzene rings is 1. The third kappa shape index (κ3) is 3.39. The number of hydrogen-bond donors (Lipinski definition) is 2. The van der Waals surface area contributed by atoms with Crippen molar-refractivity contribution in [2.24, 2.45) is 7.05 Å². The van der Waals surface area contributed by atoms with Crippen molar-refractivity contribution in [1.82, 2.24) is 9.78 Å².